The molecule has 0 bridgehead atoms. The molecule has 0 saturated heterocycles. The molecule has 4 rings (SSSR count). The van der Waals surface area contributed by atoms with E-state index in [1.165, 1.54) is 5.56 Å². The monoisotopic (exact) mass is 347 g/mol. The second-order valence-electron chi connectivity index (χ2n) is 5.76. The SMILES string of the molecule is CCOc1ccccc1C=C1C(=O)Nc2cc(-c3ccsc3)ccc21. The van der Waals surface area contributed by atoms with Crippen LogP contribution in [0.25, 0.3) is 22.8 Å². The minimum Gasteiger partial charge on any atom is -0.493 e. The van der Waals surface area contributed by atoms with Crippen LogP contribution in [0, 0.1) is 0 Å². The maximum atomic E-state index is 12.5. The Kier molecular flexibility index (Phi) is 4.12. The van der Waals surface area contributed by atoms with Crippen LogP contribution in [-0.2, 0) is 4.79 Å². The summed E-state index contributed by atoms with van der Waals surface area (Å²) < 4.78 is 5.66. The average Bonchev–Trinajstić information content (AvgIpc) is 3.25. The van der Waals surface area contributed by atoms with Gasteiger partial charge < -0.3 is 10.1 Å². The third kappa shape index (κ3) is 2.96. The van der Waals surface area contributed by atoms with Crippen molar-refractivity contribution < 1.29 is 9.53 Å². The second kappa shape index (κ2) is 6.57. The van der Waals surface area contributed by atoms with Crippen LogP contribution in [0.5, 0.6) is 5.75 Å². The van der Waals surface area contributed by atoms with Gasteiger partial charge >= 0.3 is 0 Å². The molecule has 0 aliphatic carbocycles. The number of para-hydroxylation sites is 1. The number of amides is 1. The zero-order valence-electron chi connectivity index (χ0n) is 13.8. The first-order valence-electron chi connectivity index (χ1n) is 8.18. The minimum atomic E-state index is -0.0798. The van der Waals surface area contributed by atoms with E-state index in [9.17, 15) is 4.79 Å². The zero-order valence-corrected chi connectivity index (χ0v) is 14.6. The van der Waals surface area contributed by atoms with Crippen molar-refractivity contribution in [3.63, 3.8) is 0 Å². The Bertz CT molecular complexity index is 958. The van der Waals surface area contributed by atoms with Crippen LogP contribution in [0.3, 0.4) is 0 Å². The fraction of sp³-hybridized carbons (Fsp3) is 0.0952. The number of fused-ring (bicyclic) bond motifs is 1. The Labute approximate surface area is 150 Å². The van der Waals surface area contributed by atoms with E-state index in [4.69, 9.17) is 4.74 Å². The quantitative estimate of drug-likeness (QED) is 0.650. The summed E-state index contributed by atoms with van der Waals surface area (Å²) in [6, 6.07) is 15.9. The molecule has 1 amide bonds. The van der Waals surface area contributed by atoms with Gasteiger partial charge in [0.1, 0.15) is 5.75 Å². The normalized spacial score (nSPS) is 14.4. The summed E-state index contributed by atoms with van der Waals surface area (Å²) in [5.74, 6) is 0.706. The molecule has 2 heterocycles. The van der Waals surface area contributed by atoms with E-state index < -0.39 is 0 Å². The van der Waals surface area contributed by atoms with Gasteiger partial charge in [0.15, 0.2) is 0 Å². The van der Waals surface area contributed by atoms with Crippen LogP contribution in [0.4, 0.5) is 5.69 Å². The summed E-state index contributed by atoms with van der Waals surface area (Å²) in [6.07, 6.45) is 1.90. The molecule has 0 atom stereocenters. The lowest BCUT2D eigenvalue weighted by Gasteiger charge is -2.07. The van der Waals surface area contributed by atoms with Crippen molar-refractivity contribution in [2.45, 2.75) is 6.92 Å². The van der Waals surface area contributed by atoms with E-state index in [0.717, 1.165) is 28.1 Å². The highest BCUT2D eigenvalue weighted by Gasteiger charge is 2.24. The number of rotatable bonds is 4. The Morgan fingerprint density at radius 2 is 2.00 bits per heavy atom. The van der Waals surface area contributed by atoms with Crippen LogP contribution in [0.2, 0.25) is 0 Å². The van der Waals surface area contributed by atoms with E-state index in [2.05, 4.69) is 28.2 Å². The van der Waals surface area contributed by atoms with Crippen molar-refractivity contribution in [2.24, 2.45) is 0 Å². The van der Waals surface area contributed by atoms with Crippen LogP contribution >= 0.6 is 11.3 Å². The number of thiophene rings is 1. The molecular formula is C21H17NO2S. The molecule has 3 aromatic rings. The van der Waals surface area contributed by atoms with E-state index in [-0.39, 0.29) is 5.91 Å². The average molecular weight is 347 g/mol. The molecular weight excluding hydrogens is 330 g/mol. The molecule has 124 valence electrons. The first-order chi connectivity index (χ1) is 12.3. The highest BCUT2D eigenvalue weighted by atomic mass is 32.1. The lowest BCUT2D eigenvalue weighted by atomic mass is 10.0. The van der Waals surface area contributed by atoms with E-state index >= 15 is 0 Å². The first kappa shape index (κ1) is 15.7. The van der Waals surface area contributed by atoms with Crippen LogP contribution in [-0.4, -0.2) is 12.5 Å². The van der Waals surface area contributed by atoms with Gasteiger partial charge in [-0.1, -0.05) is 30.3 Å². The summed E-state index contributed by atoms with van der Waals surface area (Å²) >= 11 is 1.66. The lowest BCUT2D eigenvalue weighted by molar-refractivity contribution is -0.110. The van der Waals surface area contributed by atoms with Gasteiger partial charge in [-0.15, -0.1) is 0 Å². The number of carbonyl (C=O) groups excluding carboxylic acids is 1. The van der Waals surface area contributed by atoms with Gasteiger partial charge in [-0.2, -0.15) is 11.3 Å². The standard InChI is InChI=1S/C21H17NO2S/c1-2-24-20-6-4-3-5-15(20)11-18-17-8-7-14(16-9-10-25-13-16)12-19(17)22-21(18)23/h3-13H,2H2,1H3,(H,22,23). The van der Waals surface area contributed by atoms with Crippen LogP contribution in [0.15, 0.2) is 59.3 Å². The molecule has 25 heavy (non-hydrogen) atoms. The fourth-order valence-electron chi connectivity index (χ4n) is 2.99. The minimum absolute atomic E-state index is 0.0798. The summed E-state index contributed by atoms with van der Waals surface area (Å²) in [6.45, 7) is 2.54. The lowest BCUT2D eigenvalue weighted by Crippen LogP contribution is -2.03. The number of hydrogen-bond donors (Lipinski definition) is 1. The molecule has 0 saturated carbocycles. The largest absolute Gasteiger partial charge is 0.493 e. The molecule has 0 radical (unpaired) electrons. The van der Waals surface area contributed by atoms with E-state index in [1.54, 1.807) is 11.3 Å². The van der Waals surface area contributed by atoms with Crippen LogP contribution in [0.1, 0.15) is 18.1 Å². The second-order valence-corrected chi connectivity index (χ2v) is 6.54. The molecule has 2 aromatic carbocycles. The Hall–Kier alpha value is -2.85. The highest BCUT2D eigenvalue weighted by Crippen LogP contribution is 2.37. The molecule has 0 fully saturated rings. The molecule has 0 spiro atoms. The van der Waals surface area contributed by atoms with Crippen molar-refractivity contribution in [1.29, 1.82) is 0 Å². The Morgan fingerprint density at radius 1 is 1.12 bits per heavy atom. The summed E-state index contributed by atoms with van der Waals surface area (Å²) in [5.41, 5.74) is 5.63. The molecule has 0 unspecified atom stereocenters. The third-order valence-electron chi connectivity index (χ3n) is 4.18. The van der Waals surface area contributed by atoms with Crippen molar-refractivity contribution >= 4 is 34.6 Å². The molecule has 1 aliphatic rings. The summed E-state index contributed by atoms with van der Waals surface area (Å²) in [4.78, 5) is 12.5. The molecule has 1 aromatic heterocycles. The van der Waals surface area contributed by atoms with Gasteiger partial charge in [0.05, 0.1) is 6.61 Å². The maximum absolute atomic E-state index is 12.5. The van der Waals surface area contributed by atoms with E-state index in [1.807, 2.05) is 49.4 Å². The number of carbonyl (C=O) groups is 1. The maximum Gasteiger partial charge on any atom is 0.256 e. The predicted octanol–water partition coefficient (Wildman–Crippen LogP) is 5.31. The molecule has 1 aliphatic heterocycles. The molecule has 1 N–H and O–H groups in total. The van der Waals surface area contributed by atoms with Crippen LogP contribution < -0.4 is 10.1 Å². The summed E-state index contributed by atoms with van der Waals surface area (Å²) in [5, 5.41) is 7.13. The molecule has 4 heteroatoms. The van der Waals surface area contributed by atoms with Crippen molar-refractivity contribution in [1.82, 2.24) is 0 Å². The first-order valence-corrected chi connectivity index (χ1v) is 9.12. The summed E-state index contributed by atoms with van der Waals surface area (Å²) in [7, 11) is 0. The number of hydrogen-bond acceptors (Lipinski definition) is 3. The predicted molar refractivity (Wildman–Crippen MR) is 104 cm³/mol. The van der Waals surface area contributed by atoms with E-state index in [0.29, 0.717) is 12.2 Å². The number of benzene rings is 2. The van der Waals surface area contributed by atoms with Crippen molar-refractivity contribution in [3.8, 4) is 16.9 Å². The smallest absolute Gasteiger partial charge is 0.256 e. The number of nitrogens with one attached hydrogen (secondary N) is 1. The van der Waals surface area contributed by atoms with Gasteiger partial charge in [0.25, 0.3) is 5.91 Å². The Morgan fingerprint density at radius 3 is 2.80 bits per heavy atom. The third-order valence-corrected chi connectivity index (χ3v) is 4.86. The topological polar surface area (TPSA) is 38.3 Å². The van der Waals surface area contributed by atoms with Gasteiger partial charge in [-0.3, -0.25) is 4.79 Å². The van der Waals surface area contributed by atoms with Gasteiger partial charge in [-0.05, 0) is 53.1 Å². The van der Waals surface area contributed by atoms with Gasteiger partial charge in [0, 0.05) is 22.4 Å². The van der Waals surface area contributed by atoms with Gasteiger partial charge in [0.2, 0.25) is 0 Å². The fourth-order valence-corrected chi connectivity index (χ4v) is 3.65. The zero-order chi connectivity index (χ0) is 17.2. The van der Waals surface area contributed by atoms with Crippen molar-refractivity contribution in [2.75, 3.05) is 11.9 Å². The number of anilines is 1. The molecule has 3 nitrogen and oxygen atoms in total. The number of ether oxygens (including phenoxy) is 1. The van der Waals surface area contributed by atoms with Gasteiger partial charge in [-0.25, -0.2) is 0 Å². The van der Waals surface area contributed by atoms with Crippen molar-refractivity contribution in [3.05, 3.63) is 70.4 Å². The highest BCUT2D eigenvalue weighted by molar-refractivity contribution is 7.08. The Balaban J connectivity index is 1.75.